The number of hydrogen-bond donors (Lipinski definition) is 0. The number of nitrogens with zero attached hydrogens (tertiary/aromatic N) is 3. The monoisotopic (exact) mass is 371 g/mol. The van der Waals surface area contributed by atoms with Crippen LogP contribution in [0.15, 0.2) is 42.5 Å². The summed E-state index contributed by atoms with van der Waals surface area (Å²) in [5.74, 6) is 0.104. The third-order valence-electron chi connectivity index (χ3n) is 4.53. The predicted molar refractivity (Wildman–Crippen MR) is 106 cm³/mol. The molecular formula is C19H18ClN3OS. The van der Waals surface area contributed by atoms with Crippen molar-refractivity contribution in [3.63, 3.8) is 0 Å². The van der Waals surface area contributed by atoms with Crippen molar-refractivity contribution in [2.45, 2.75) is 6.92 Å². The lowest BCUT2D eigenvalue weighted by atomic mass is 10.1. The number of halogens is 1. The summed E-state index contributed by atoms with van der Waals surface area (Å²) in [5, 5.41) is 1.81. The van der Waals surface area contributed by atoms with Gasteiger partial charge in [0.25, 0.3) is 0 Å². The van der Waals surface area contributed by atoms with Crippen LogP contribution < -0.4 is 9.80 Å². The van der Waals surface area contributed by atoms with Gasteiger partial charge in [0.1, 0.15) is 0 Å². The molecule has 4 rings (SSSR count). The first-order valence-corrected chi connectivity index (χ1v) is 9.46. The van der Waals surface area contributed by atoms with Crippen LogP contribution in [0.2, 0.25) is 5.02 Å². The van der Waals surface area contributed by atoms with Gasteiger partial charge in [-0.15, -0.1) is 0 Å². The van der Waals surface area contributed by atoms with Crippen molar-refractivity contribution in [2.24, 2.45) is 0 Å². The Morgan fingerprint density at radius 3 is 2.40 bits per heavy atom. The Balaban J connectivity index is 1.46. The summed E-state index contributed by atoms with van der Waals surface area (Å²) in [5.41, 5.74) is 2.93. The molecule has 4 nitrogen and oxygen atoms in total. The van der Waals surface area contributed by atoms with Crippen LogP contribution in [0.5, 0.6) is 0 Å². The van der Waals surface area contributed by atoms with Crippen molar-refractivity contribution in [1.29, 1.82) is 0 Å². The molecule has 1 aromatic heterocycles. The van der Waals surface area contributed by atoms with Crippen LogP contribution in [0.25, 0.3) is 10.2 Å². The van der Waals surface area contributed by atoms with Crippen LogP contribution in [0, 0.1) is 0 Å². The SMILES string of the molecule is CC(=O)c1ccc(N2CCN(c3nc4ccc(Cl)cc4s3)CC2)cc1. The number of ketones is 1. The molecule has 6 heteroatoms. The van der Waals surface area contributed by atoms with Crippen molar-refractivity contribution in [2.75, 3.05) is 36.0 Å². The van der Waals surface area contributed by atoms with Gasteiger partial charge in [-0.3, -0.25) is 4.79 Å². The van der Waals surface area contributed by atoms with E-state index >= 15 is 0 Å². The number of carbonyl (C=O) groups excluding carboxylic acids is 1. The number of benzene rings is 2. The van der Waals surface area contributed by atoms with Gasteiger partial charge in [0.15, 0.2) is 10.9 Å². The maximum atomic E-state index is 11.4. The standard InChI is InChI=1S/C19H18ClN3OS/c1-13(24)14-2-5-16(6-3-14)22-8-10-23(11-9-22)19-21-17-7-4-15(20)12-18(17)25-19/h2-7,12H,8-11H2,1H3. The van der Waals surface area contributed by atoms with E-state index in [1.54, 1.807) is 18.3 Å². The molecule has 0 radical (unpaired) electrons. The van der Waals surface area contributed by atoms with E-state index in [0.29, 0.717) is 0 Å². The maximum Gasteiger partial charge on any atom is 0.186 e. The molecular weight excluding hydrogens is 354 g/mol. The second kappa shape index (κ2) is 6.65. The van der Waals surface area contributed by atoms with Crippen LogP contribution >= 0.6 is 22.9 Å². The first-order chi connectivity index (χ1) is 12.1. The highest BCUT2D eigenvalue weighted by molar-refractivity contribution is 7.22. The smallest absolute Gasteiger partial charge is 0.186 e. The minimum absolute atomic E-state index is 0.104. The van der Waals surface area contributed by atoms with E-state index in [2.05, 4.69) is 9.80 Å². The summed E-state index contributed by atoms with van der Waals surface area (Å²) in [6, 6.07) is 13.7. The Bertz CT molecular complexity index is 914. The zero-order valence-electron chi connectivity index (χ0n) is 13.9. The fourth-order valence-electron chi connectivity index (χ4n) is 3.08. The molecule has 0 N–H and O–H groups in total. The summed E-state index contributed by atoms with van der Waals surface area (Å²) in [6.07, 6.45) is 0. The normalized spacial score (nSPS) is 15.0. The molecule has 128 valence electrons. The molecule has 0 bridgehead atoms. The quantitative estimate of drug-likeness (QED) is 0.636. The molecule has 0 atom stereocenters. The van der Waals surface area contributed by atoms with E-state index in [9.17, 15) is 4.79 Å². The molecule has 3 aromatic rings. The zero-order valence-corrected chi connectivity index (χ0v) is 15.5. The summed E-state index contributed by atoms with van der Waals surface area (Å²) < 4.78 is 1.13. The van der Waals surface area contributed by atoms with Gasteiger partial charge in [0.05, 0.1) is 10.2 Å². The second-order valence-corrected chi connectivity index (χ2v) is 7.63. The minimum atomic E-state index is 0.104. The Labute approximate surface area is 155 Å². The molecule has 0 aliphatic carbocycles. The van der Waals surface area contributed by atoms with Gasteiger partial charge in [-0.05, 0) is 49.4 Å². The molecule has 1 aliphatic heterocycles. The zero-order chi connectivity index (χ0) is 17.4. The summed E-state index contributed by atoms with van der Waals surface area (Å²) >= 11 is 7.76. The van der Waals surface area contributed by atoms with Crippen molar-refractivity contribution in [3.8, 4) is 0 Å². The number of anilines is 2. The number of aromatic nitrogens is 1. The lowest BCUT2D eigenvalue weighted by Crippen LogP contribution is -2.46. The van der Waals surface area contributed by atoms with Gasteiger partial charge >= 0.3 is 0 Å². The molecule has 1 saturated heterocycles. The van der Waals surface area contributed by atoms with Gasteiger partial charge in [0.2, 0.25) is 0 Å². The lowest BCUT2D eigenvalue weighted by Gasteiger charge is -2.36. The summed E-state index contributed by atoms with van der Waals surface area (Å²) in [6.45, 7) is 5.34. The van der Waals surface area contributed by atoms with E-state index in [0.717, 1.165) is 52.1 Å². The molecule has 25 heavy (non-hydrogen) atoms. The molecule has 2 aromatic carbocycles. The number of carbonyl (C=O) groups is 1. The topological polar surface area (TPSA) is 36.4 Å². The maximum absolute atomic E-state index is 11.4. The van der Waals surface area contributed by atoms with E-state index in [-0.39, 0.29) is 5.78 Å². The molecule has 2 heterocycles. The summed E-state index contributed by atoms with van der Waals surface area (Å²) in [7, 11) is 0. The second-order valence-electron chi connectivity index (χ2n) is 6.19. The van der Waals surface area contributed by atoms with Crippen LogP contribution in [-0.4, -0.2) is 36.9 Å². The Morgan fingerprint density at radius 1 is 1.04 bits per heavy atom. The first kappa shape index (κ1) is 16.4. The third kappa shape index (κ3) is 3.34. The van der Waals surface area contributed by atoms with Crippen LogP contribution in [0.4, 0.5) is 10.8 Å². The molecule has 0 unspecified atom stereocenters. The number of Topliss-reactive ketones (excluding diaryl/α,β-unsaturated/α-hetero) is 1. The van der Waals surface area contributed by atoms with Crippen LogP contribution in [0.1, 0.15) is 17.3 Å². The van der Waals surface area contributed by atoms with Gasteiger partial charge < -0.3 is 9.80 Å². The van der Waals surface area contributed by atoms with Crippen LogP contribution in [0.3, 0.4) is 0 Å². The van der Waals surface area contributed by atoms with E-state index in [4.69, 9.17) is 16.6 Å². The highest BCUT2D eigenvalue weighted by atomic mass is 35.5. The number of piperazine rings is 1. The first-order valence-electron chi connectivity index (χ1n) is 8.27. The Morgan fingerprint density at radius 2 is 1.72 bits per heavy atom. The van der Waals surface area contributed by atoms with E-state index in [1.165, 1.54) is 5.69 Å². The predicted octanol–water partition coefficient (Wildman–Crippen LogP) is 4.48. The largest absolute Gasteiger partial charge is 0.368 e. The fourth-order valence-corrected chi connectivity index (χ4v) is 4.38. The average molecular weight is 372 g/mol. The molecule has 1 aliphatic rings. The highest BCUT2D eigenvalue weighted by Gasteiger charge is 2.20. The van der Waals surface area contributed by atoms with Gasteiger partial charge in [0, 0.05) is 42.5 Å². The molecule has 0 saturated carbocycles. The lowest BCUT2D eigenvalue weighted by molar-refractivity contribution is 0.101. The Hall–Kier alpha value is -2.11. The average Bonchev–Trinajstić information content (AvgIpc) is 3.05. The van der Waals surface area contributed by atoms with E-state index < -0.39 is 0 Å². The Kier molecular flexibility index (Phi) is 4.36. The van der Waals surface area contributed by atoms with Crippen LogP contribution in [-0.2, 0) is 0 Å². The third-order valence-corrected chi connectivity index (χ3v) is 5.84. The summed E-state index contributed by atoms with van der Waals surface area (Å²) in [4.78, 5) is 20.8. The number of thiazole rings is 1. The molecule has 0 amide bonds. The molecule has 1 fully saturated rings. The molecule has 0 spiro atoms. The minimum Gasteiger partial charge on any atom is -0.368 e. The highest BCUT2D eigenvalue weighted by Crippen LogP contribution is 2.31. The van der Waals surface area contributed by atoms with Gasteiger partial charge in [-0.2, -0.15) is 0 Å². The number of rotatable bonds is 3. The van der Waals surface area contributed by atoms with Gasteiger partial charge in [-0.1, -0.05) is 22.9 Å². The van der Waals surface area contributed by atoms with Gasteiger partial charge in [-0.25, -0.2) is 4.98 Å². The number of fused-ring (bicyclic) bond motifs is 1. The van der Waals surface area contributed by atoms with Crippen molar-refractivity contribution in [3.05, 3.63) is 53.1 Å². The number of hydrogen-bond acceptors (Lipinski definition) is 5. The van der Waals surface area contributed by atoms with Crippen molar-refractivity contribution < 1.29 is 4.79 Å². The van der Waals surface area contributed by atoms with Crippen molar-refractivity contribution >= 4 is 49.8 Å². The van der Waals surface area contributed by atoms with Crippen molar-refractivity contribution in [1.82, 2.24) is 4.98 Å². The van der Waals surface area contributed by atoms with E-state index in [1.807, 2.05) is 42.5 Å². The fraction of sp³-hybridized carbons (Fsp3) is 0.263.